The third-order valence-electron chi connectivity index (χ3n) is 1.88. The fourth-order valence-corrected chi connectivity index (χ4v) is 1.17. The topological polar surface area (TPSA) is 66.0 Å². The molecule has 1 heterocycles. The zero-order valence-corrected chi connectivity index (χ0v) is 8.01. The van der Waals surface area contributed by atoms with E-state index in [-0.39, 0.29) is 5.75 Å². The van der Waals surface area contributed by atoms with Crippen LogP contribution < -0.4 is 10.5 Å². The van der Waals surface area contributed by atoms with Crippen molar-refractivity contribution in [2.75, 3.05) is 12.8 Å². The predicted octanol–water partition coefficient (Wildman–Crippen LogP) is 0.997. The summed E-state index contributed by atoms with van der Waals surface area (Å²) in [7, 11) is 1.40. The molecule has 0 aliphatic carbocycles. The highest BCUT2D eigenvalue weighted by atomic mass is 19.1. The minimum atomic E-state index is -0.429. The van der Waals surface area contributed by atoms with Crippen LogP contribution >= 0.6 is 0 Å². The number of nitrogens with two attached hydrogens (primary N) is 1. The van der Waals surface area contributed by atoms with Gasteiger partial charge in [0.2, 0.25) is 0 Å². The van der Waals surface area contributed by atoms with Crippen LogP contribution in [0.5, 0.6) is 5.75 Å². The molecule has 15 heavy (non-hydrogen) atoms. The molecular weight excluding hydrogens is 199 g/mol. The molecule has 0 aliphatic rings. The molecule has 2 N–H and O–H groups in total. The van der Waals surface area contributed by atoms with E-state index < -0.39 is 5.82 Å². The summed E-state index contributed by atoms with van der Waals surface area (Å²) in [6.45, 7) is 0. The summed E-state index contributed by atoms with van der Waals surface area (Å²) in [6, 6.07) is 4.32. The van der Waals surface area contributed by atoms with E-state index in [9.17, 15) is 4.39 Å². The third-order valence-corrected chi connectivity index (χ3v) is 1.88. The molecular formula is C9H9FN4O. The van der Waals surface area contributed by atoms with Crippen molar-refractivity contribution in [2.45, 2.75) is 0 Å². The van der Waals surface area contributed by atoms with Gasteiger partial charge < -0.3 is 10.5 Å². The second-order valence-electron chi connectivity index (χ2n) is 2.88. The molecule has 0 saturated heterocycles. The summed E-state index contributed by atoms with van der Waals surface area (Å²) in [4.78, 5) is 1.30. The Kier molecular flexibility index (Phi) is 2.24. The summed E-state index contributed by atoms with van der Waals surface area (Å²) >= 11 is 0. The molecule has 78 valence electrons. The Morgan fingerprint density at radius 1 is 1.47 bits per heavy atom. The van der Waals surface area contributed by atoms with E-state index in [2.05, 4.69) is 10.2 Å². The lowest BCUT2D eigenvalue weighted by molar-refractivity contribution is 0.386. The monoisotopic (exact) mass is 208 g/mol. The van der Waals surface area contributed by atoms with Crippen molar-refractivity contribution >= 4 is 5.82 Å². The zero-order chi connectivity index (χ0) is 10.8. The van der Waals surface area contributed by atoms with Gasteiger partial charge in [-0.3, -0.25) is 0 Å². The lowest BCUT2D eigenvalue weighted by Gasteiger charge is -2.04. The molecule has 0 radical (unpaired) electrons. The number of methoxy groups -OCH3 is 1. The Bertz CT molecular complexity index is 483. The van der Waals surface area contributed by atoms with Gasteiger partial charge in [-0.05, 0) is 12.1 Å². The summed E-state index contributed by atoms with van der Waals surface area (Å²) in [5.74, 6) is 0.0167. The van der Waals surface area contributed by atoms with E-state index in [0.29, 0.717) is 11.5 Å². The first-order valence-corrected chi connectivity index (χ1v) is 4.22. The highest BCUT2D eigenvalue weighted by Gasteiger charge is 2.06. The van der Waals surface area contributed by atoms with Crippen LogP contribution in [0.2, 0.25) is 0 Å². The second kappa shape index (κ2) is 3.56. The molecule has 5 nitrogen and oxygen atoms in total. The number of hydrogen-bond donors (Lipinski definition) is 1. The van der Waals surface area contributed by atoms with Crippen LogP contribution in [0.25, 0.3) is 5.69 Å². The van der Waals surface area contributed by atoms with Crippen molar-refractivity contribution in [1.29, 1.82) is 0 Å². The first-order valence-electron chi connectivity index (χ1n) is 4.22. The number of aromatic nitrogens is 3. The molecule has 1 aromatic heterocycles. The standard InChI is InChI=1S/C9H9FN4O/c1-15-8-4-6(2-3-7(8)10)14-12-5-9(11)13-14/h2-5H,1H3,(H2,11,13). The average molecular weight is 208 g/mol. The van der Waals surface area contributed by atoms with Gasteiger partial charge in [-0.25, -0.2) is 4.39 Å². The molecule has 0 atom stereocenters. The van der Waals surface area contributed by atoms with Crippen LogP contribution in [-0.2, 0) is 0 Å². The normalized spacial score (nSPS) is 10.3. The maximum Gasteiger partial charge on any atom is 0.166 e. The van der Waals surface area contributed by atoms with Gasteiger partial charge in [0.05, 0.1) is 19.0 Å². The molecule has 0 saturated carbocycles. The third kappa shape index (κ3) is 1.74. The maximum atomic E-state index is 13.1. The van der Waals surface area contributed by atoms with Gasteiger partial charge in [0.15, 0.2) is 17.4 Å². The number of halogens is 1. The summed E-state index contributed by atoms with van der Waals surface area (Å²) in [5.41, 5.74) is 6.00. The van der Waals surface area contributed by atoms with Gasteiger partial charge in [-0.1, -0.05) is 0 Å². The number of ether oxygens (including phenoxy) is 1. The smallest absolute Gasteiger partial charge is 0.166 e. The number of hydrogen-bond acceptors (Lipinski definition) is 4. The molecule has 2 rings (SSSR count). The lowest BCUT2D eigenvalue weighted by atomic mass is 10.3. The van der Waals surface area contributed by atoms with E-state index in [4.69, 9.17) is 10.5 Å². The first-order chi connectivity index (χ1) is 7.20. The number of benzene rings is 1. The number of nitrogen functional groups attached to an aromatic ring is 1. The predicted molar refractivity (Wildman–Crippen MR) is 52.3 cm³/mol. The Morgan fingerprint density at radius 3 is 2.87 bits per heavy atom. The summed E-state index contributed by atoms with van der Waals surface area (Å²) in [6.07, 6.45) is 1.41. The number of nitrogens with zero attached hydrogens (tertiary/aromatic N) is 3. The van der Waals surface area contributed by atoms with Crippen LogP contribution in [0.3, 0.4) is 0 Å². The summed E-state index contributed by atoms with van der Waals surface area (Å²) in [5, 5.41) is 7.78. The highest BCUT2D eigenvalue weighted by Crippen LogP contribution is 2.19. The van der Waals surface area contributed by atoms with Gasteiger partial charge >= 0.3 is 0 Å². The van der Waals surface area contributed by atoms with E-state index in [1.165, 1.54) is 36.3 Å². The van der Waals surface area contributed by atoms with Crippen LogP contribution in [0.1, 0.15) is 0 Å². The molecule has 0 bridgehead atoms. The number of rotatable bonds is 2. The molecule has 0 unspecified atom stereocenters. The Morgan fingerprint density at radius 2 is 2.27 bits per heavy atom. The minimum absolute atomic E-state index is 0.142. The lowest BCUT2D eigenvalue weighted by Crippen LogP contribution is -2.00. The molecule has 6 heteroatoms. The van der Waals surface area contributed by atoms with E-state index in [0.717, 1.165) is 0 Å². The van der Waals surface area contributed by atoms with Crippen molar-refractivity contribution in [1.82, 2.24) is 15.0 Å². The fourth-order valence-electron chi connectivity index (χ4n) is 1.17. The Hall–Kier alpha value is -2.11. The van der Waals surface area contributed by atoms with Crippen LogP contribution in [0, 0.1) is 5.82 Å². The largest absolute Gasteiger partial charge is 0.494 e. The van der Waals surface area contributed by atoms with Gasteiger partial charge in [-0.2, -0.15) is 5.10 Å². The maximum absolute atomic E-state index is 13.1. The van der Waals surface area contributed by atoms with Crippen molar-refractivity contribution < 1.29 is 9.13 Å². The van der Waals surface area contributed by atoms with Gasteiger partial charge in [-0.15, -0.1) is 9.90 Å². The van der Waals surface area contributed by atoms with Crippen molar-refractivity contribution in [3.8, 4) is 11.4 Å². The van der Waals surface area contributed by atoms with Crippen LogP contribution in [0.15, 0.2) is 24.4 Å². The second-order valence-corrected chi connectivity index (χ2v) is 2.88. The van der Waals surface area contributed by atoms with Gasteiger partial charge in [0.25, 0.3) is 0 Å². The molecule has 0 amide bonds. The molecule has 0 aliphatic heterocycles. The van der Waals surface area contributed by atoms with Gasteiger partial charge in [0, 0.05) is 6.07 Å². The average Bonchev–Trinajstić information content (AvgIpc) is 2.66. The fraction of sp³-hybridized carbons (Fsp3) is 0.111. The zero-order valence-electron chi connectivity index (χ0n) is 8.01. The van der Waals surface area contributed by atoms with Crippen molar-refractivity contribution in [2.24, 2.45) is 0 Å². The Balaban J connectivity index is 2.45. The van der Waals surface area contributed by atoms with Crippen LogP contribution in [0.4, 0.5) is 10.2 Å². The summed E-state index contributed by atoms with van der Waals surface area (Å²) < 4.78 is 17.9. The highest BCUT2D eigenvalue weighted by molar-refractivity contribution is 5.39. The first kappa shape index (κ1) is 9.45. The van der Waals surface area contributed by atoms with E-state index in [1.807, 2.05) is 0 Å². The SMILES string of the molecule is COc1cc(-n2ncc(N)n2)ccc1F. The van der Waals surface area contributed by atoms with Crippen LogP contribution in [-0.4, -0.2) is 22.1 Å². The molecule has 0 fully saturated rings. The molecule has 2 aromatic rings. The van der Waals surface area contributed by atoms with E-state index in [1.54, 1.807) is 0 Å². The Labute approximate surface area is 85.3 Å². The number of anilines is 1. The van der Waals surface area contributed by atoms with Crippen molar-refractivity contribution in [3.05, 3.63) is 30.2 Å². The van der Waals surface area contributed by atoms with Gasteiger partial charge in [0.1, 0.15) is 0 Å². The molecule has 0 spiro atoms. The minimum Gasteiger partial charge on any atom is -0.494 e. The van der Waals surface area contributed by atoms with Crippen molar-refractivity contribution in [3.63, 3.8) is 0 Å². The quantitative estimate of drug-likeness (QED) is 0.799. The molecule has 1 aromatic carbocycles. The van der Waals surface area contributed by atoms with E-state index >= 15 is 0 Å².